The van der Waals surface area contributed by atoms with Crippen molar-refractivity contribution in [3.8, 4) is 0 Å². The highest BCUT2D eigenvalue weighted by molar-refractivity contribution is 6.30. The Labute approximate surface area is 185 Å². The highest BCUT2D eigenvalue weighted by Crippen LogP contribution is 2.28. The maximum Gasteiger partial charge on any atom is 0.223 e. The monoisotopic (exact) mass is 442 g/mol. The summed E-state index contributed by atoms with van der Waals surface area (Å²) in [5.74, 6) is -0.0743. The maximum absolute atomic E-state index is 13.1. The number of amides is 1. The SMILES string of the molecule is O=C1CCCN1C1CN(C2NCC2OCc2ccc(F)cc2)N=C1c1ccc(Cl)cc1. The van der Waals surface area contributed by atoms with Crippen molar-refractivity contribution >= 4 is 23.2 Å². The van der Waals surface area contributed by atoms with E-state index in [1.807, 2.05) is 34.2 Å². The van der Waals surface area contributed by atoms with E-state index in [1.165, 1.54) is 12.1 Å². The summed E-state index contributed by atoms with van der Waals surface area (Å²) in [7, 11) is 0. The lowest BCUT2D eigenvalue weighted by Crippen LogP contribution is -2.65. The molecule has 3 atom stereocenters. The number of likely N-dealkylation sites (tertiary alicyclic amines) is 1. The van der Waals surface area contributed by atoms with Crippen LogP contribution in [0.4, 0.5) is 4.39 Å². The Hall–Kier alpha value is -2.48. The molecule has 1 N–H and O–H groups in total. The summed E-state index contributed by atoms with van der Waals surface area (Å²) in [5.41, 5.74) is 2.79. The van der Waals surface area contributed by atoms with Gasteiger partial charge in [0.05, 0.1) is 24.9 Å². The fourth-order valence-electron chi connectivity index (χ4n) is 4.35. The van der Waals surface area contributed by atoms with Gasteiger partial charge in [0.2, 0.25) is 5.91 Å². The van der Waals surface area contributed by atoms with Crippen molar-refractivity contribution in [2.75, 3.05) is 19.6 Å². The summed E-state index contributed by atoms with van der Waals surface area (Å²) in [6, 6.07) is 13.9. The van der Waals surface area contributed by atoms with E-state index in [0.717, 1.165) is 36.3 Å². The lowest BCUT2D eigenvalue weighted by molar-refractivity contribution is -0.129. The average Bonchev–Trinajstić information content (AvgIpc) is 3.35. The van der Waals surface area contributed by atoms with Gasteiger partial charge in [-0.15, -0.1) is 0 Å². The van der Waals surface area contributed by atoms with Crippen molar-refractivity contribution in [1.82, 2.24) is 15.2 Å². The highest BCUT2D eigenvalue weighted by atomic mass is 35.5. The summed E-state index contributed by atoms with van der Waals surface area (Å²) in [6.07, 6.45) is 1.38. The smallest absolute Gasteiger partial charge is 0.223 e. The van der Waals surface area contributed by atoms with Gasteiger partial charge in [-0.05, 0) is 36.2 Å². The second-order valence-corrected chi connectivity index (χ2v) is 8.59. The Morgan fingerprint density at radius 1 is 1.16 bits per heavy atom. The number of hydrogen-bond donors (Lipinski definition) is 1. The van der Waals surface area contributed by atoms with Gasteiger partial charge >= 0.3 is 0 Å². The number of rotatable bonds is 6. The molecular weight excluding hydrogens is 419 g/mol. The van der Waals surface area contributed by atoms with Crippen LogP contribution in [0.1, 0.15) is 24.0 Å². The van der Waals surface area contributed by atoms with Gasteiger partial charge in [-0.1, -0.05) is 35.9 Å². The van der Waals surface area contributed by atoms with Gasteiger partial charge in [-0.25, -0.2) is 4.39 Å². The van der Waals surface area contributed by atoms with Gasteiger partial charge in [-0.3, -0.25) is 15.1 Å². The van der Waals surface area contributed by atoms with Crippen LogP contribution in [0, 0.1) is 5.82 Å². The van der Waals surface area contributed by atoms with Crippen LogP contribution in [0.5, 0.6) is 0 Å². The molecule has 3 aliphatic heterocycles. The molecule has 2 aromatic rings. The van der Waals surface area contributed by atoms with Crippen LogP contribution >= 0.6 is 11.6 Å². The number of carbonyl (C=O) groups excluding carboxylic acids is 1. The van der Waals surface area contributed by atoms with Crippen molar-refractivity contribution in [2.45, 2.75) is 37.8 Å². The van der Waals surface area contributed by atoms with E-state index in [9.17, 15) is 9.18 Å². The second kappa shape index (κ2) is 8.57. The fraction of sp³-hybridized carbons (Fsp3) is 0.391. The molecule has 31 heavy (non-hydrogen) atoms. The number of hydrazone groups is 1. The lowest BCUT2D eigenvalue weighted by Gasteiger charge is -2.42. The van der Waals surface area contributed by atoms with Crippen LogP contribution in [0.25, 0.3) is 0 Å². The zero-order valence-corrected chi connectivity index (χ0v) is 17.8. The topological polar surface area (TPSA) is 57.2 Å². The summed E-state index contributed by atoms with van der Waals surface area (Å²) in [5, 5.41) is 11.0. The van der Waals surface area contributed by atoms with Crippen LogP contribution in [0.2, 0.25) is 5.02 Å². The number of nitrogens with one attached hydrogen (secondary N) is 1. The van der Waals surface area contributed by atoms with E-state index >= 15 is 0 Å². The molecule has 0 aliphatic carbocycles. The standard InChI is InChI=1S/C23H24ClFN4O2/c24-17-7-5-16(6-8-17)22-19(28-11-1-2-21(28)30)13-29(27-22)23-20(12-26-23)31-14-15-3-9-18(25)10-4-15/h3-10,19-20,23,26H,1-2,11-14H2. The summed E-state index contributed by atoms with van der Waals surface area (Å²) in [6.45, 7) is 2.52. The van der Waals surface area contributed by atoms with Crippen molar-refractivity contribution in [3.05, 3.63) is 70.5 Å². The van der Waals surface area contributed by atoms with E-state index in [-0.39, 0.29) is 30.0 Å². The highest BCUT2D eigenvalue weighted by Gasteiger charge is 2.43. The largest absolute Gasteiger partial charge is 0.369 e. The number of halogens is 2. The first kappa shape index (κ1) is 20.4. The van der Waals surface area contributed by atoms with Gasteiger partial charge in [0.15, 0.2) is 0 Å². The molecule has 2 saturated heterocycles. The first-order valence-corrected chi connectivity index (χ1v) is 11.0. The zero-order valence-electron chi connectivity index (χ0n) is 17.0. The Bertz CT molecular complexity index is 982. The zero-order chi connectivity index (χ0) is 21.4. The Balaban J connectivity index is 1.32. The van der Waals surface area contributed by atoms with E-state index in [1.54, 1.807) is 12.1 Å². The molecule has 2 fully saturated rings. The predicted octanol–water partition coefficient (Wildman–Crippen LogP) is 3.00. The maximum atomic E-state index is 13.1. The molecule has 0 saturated carbocycles. The van der Waals surface area contributed by atoms with Crippen LogP contribution in [0.15, 0.2) is 53.6 Å². The summed E-state index contributed by atoms with van der Waals surface area (Å²) >= 11 is 6.07. The van der Waals surface area contributed by atoms with Crippen LogP contribution < -0.4 is 5.32 Å². The number of carbonyl (C=O) groups is 1. The number of ether oxygens (including phenoxy) is 1. The minimum absolute atomic E-state index is 0.0340. The number of hydrogen-bond acceptors (Lipinski definition) is 5. The molecular formula is C23H24ClFN4O2. The molecule has 3 unspecified atom stereocenters. The van der Waals surface area contributed by atoms with Crippen LogP contribution in [-0.4, -0.2) is 59.5 Å². The van der Waals surface area contributed by atoms with Gasteiger partial charge in [-0.2, -0.15) is 5.10 Å². The Kier molecular flexibility index (Phi) is 5.65. The van der Waals surface area contributed by atoms with Crippen molar-refractivity contribution in [1.29, 1.82) is 0 Å². The molecule has 162 valence electrons. The first-order chi connectivity index (χ1) is 15.1. The second-order valence-electron chi connectivity index (χ2n) is 8.15. The lowest BCUT2D eigenvalue weighted by atomic mass is 10.0. The molecule has 2 aromatic carbocycles. The van der Waals surface area contributed by atoms with Crippen molar-refractivity contribution in [3.63, 3.8) is 0 Å². The summed E-state index contributed by atoms with van der Waals surface area (Å²) in [4.78, 5) is 14.4. The van der Waals surface area contributed by atoms with Crippen LogP contribution in [-0.2, 0) is 16.1 Å². The van der Waals surface area contributed by atoms with E-state index in [2.05, 4.69) is 5.32 Å². The number of nitrogens with zero attached hydrogens (tertiary/aromatic N) is 3. The molecule has 3 aliphatic rings. The van der Waals surface area contributed by atoms with Crippen molar-refractivity contribution in [2.24, 2.45) is 5.10 Å². The van der Waals surface area contributed by atoms with E-state index < -0.39 is 0 Å². The van der Waals surface area contributed by atoms with Gasteiger partial charge in [0.1, 0.15) is 18.1 Å². The molecule has 1 amide bonds. The van der Waals surface area contributed by atoms with Gasteiger partial charge in [0, 0.05) is 30.1 Å². The third-order valence-corrected chi connectivity index (χ3v) is 6.37. The average molecular weight is 443 g/mol. The quantitative estimate of drug-likeness (QED) is 0.747. The third-order valence-electron chi connectivity index (χ3n) is 6.12. The third kappa shape index (κ3) is 4.18. The molecule has 0 spiro atoms. The minimum atomic E-state index is -0.254. The molecule has 8 heteroatoms. The van der Waals surface area contributed by atoms with Crippen molar-refractivity contribution < 1.29 is 13.9 Å². The molecule has 0 bridgehead atoms. The Morgan fingerprint density at radius 3 is 2.58 bits per heavy atom. The Morgan fingerprint density at radius 2 is 1.94 bits per heavy atom. The molecule has 5 rings (SSSR count). The molecule has 0 aromatic heterocycles. The fourth-order valence-corrected chi connectivity index (χ4v) is 4.48. The molecule has 6 nitrogen and oxygen atoms in total. The normalized spacial score (nSPS) is 25.7. The first-order valence-electron chi connectivity index (χ1n) is 10.6. The predicted molar refractivity (Wildman–Crippen MR) is 116 cm³/mol. The van der Waals surface area contributed by atoms with Crippen LogP contribution in [0.3, 0.4) is 0 Å². The van der Waals surface area contributed by atoms with E-state index in [4.69, 9.17) is 21.4 Å². The molecule has 0 radical (unpaired) electrons. The van der Waals surface area contributed by atoms with E-state index in [0.29, 0.717) is 24.6 Å². The van der Waals surface area contributed by atoms with Gasteiger partial charge in [0.25, 0.3) is 0 Å². The number of benzene rings is 2. The minimum Gasteiger partial charge on any atom is -0.369 e. The summed E-state index contributed by atoms with van der Waals surface area (Å²) < 4.78 is 19.2. The van der Waals surface area contributed by atoms with Gasteiger partial charge < -0.3 is 9.64 Å². The molecule has 3 heterocycles.